The van der Waals surface area contributed by atoms with Crippen LogP contribution in [0, 0.1) is 0 Å². The van der Waals surface area contributed by atoms with Crippen molar-refractivity contribution >= 4 is 10.0 Å². The quantitative estimate of drug-likeness (QED) is 0.850. The molecule has 0 radical (unpaired) electrons. The summed E-state index contributed by atoms with van der Waals surface area (Å²) in [6.45, 7) is 4.82. The summed E-state index contributed by atoms with van der Waals surface area (Å²) >= 11 is 0. The Bertz CT molecular complexity index is 451. The van der Waals surface area contributed by atoms with Gasteiger partial charge in [-0.1, -0.05) is 26.0 Å². The minimum Gasteiger partial charge on any atom is -0.507 e. The third-order valence-corrected chi connectivity index (χ3v) is 4.38. The van der Waals surface area contributed by atoms with Crippen LogP contribution in [0.2, 0.25) is 0 Å². The van der Waals surface area contributed by atoms with Gasteiger partial charge >= 0.3 is 0 Å². The lowest BCUT2D eigenvalue weighted by Gasteiger charge is -2.21. The molecule has 0 spiro atoms. The molecule has 0 saturated carbocycles. The second kappa shape index (κ2) is 6.02. The van der Waals surface area contributed by atoms with Gasteiger partial charge in [0.15, 0.2) is 0 Å². The average Bonchev–Trinajstić information content (AvgIpc) is 2.29. The Balaban J connectivity index is 3.12. The molecule has 0 atom stereocenters. The normalized spacial score (nSPS) is 11.9. The molecule has 0 aliphatic heterocycles. The van der Waals surface area contributed by atoms with Crippen molar-refractivity contribution < 1.29 is 13.5 Å². The first kappa shape index (κ1) is 14.0. The van der Waals surface area contributed by atoms with Crippen LogP contribution >= 0.6 is 0 Å². The number of phenols is 1. The Kier molecular flexibility index (Phi) is 4.96. The monoisotopic (exact) mass is 257 g/mol. The number of hydrogen-bond donors (Lipinski definition) is 1. The molecular formula is C12H19NO3S. The number of aromatic hydroxyl groups is 1. The van der Waals surface area contributed by atoms with Gasteiger partial charge in [-0.2, -0.15) is 4.31 Å². The van der Waals surface area contributed by atoms with E-state index < -0.39 is 10.0 Å². The van der Waals surface area contributed by atoms with Crippen molar-refractivity contribution in [2.75, 3.05) is 13.1 Å². The third kappa shape index (κ3) is 3.20. The minimum absolute atomic E-state index is 0.0121. The van der Waals surface area contributed by atoms with E-state index in [1.54, 1.807) is 12.1 Å². The first-order chi connectivity index (χ1) is 8.04. The molecule has 1 aromatic rings. The van der Waals surface area contributed by atoms with Crippen LogP contribution in [-0.4, -0.2) is 30.9 Å². The van der Waals surface area contributed by atoms with Crippen LogP contribution in [-0.2, 0) is 10.0 Å². The van der Waals surface area contributed by atoms with E-state index in [-0.39, 0.29) is 10.6 Å². The largest absolute Gasteiger partial charge is 0.507 e. The number of nitrogens with zero attached hydrogens (tertiary/aromatic N) is 1. The van der Waals surface area contributed by atoms with Gasteiger partial charge in [0.25, 0.3) is 0 Å². The molecule has 0 aliphatic rings. The Morgan fingerprint density at radius 3 is 2.12 bits per heavy atom. The van der Waals surface area contributed by atoms with Crippen LogP contribution in [0.5, 0.6) is 5.75 Å². The SMILES string of the molecule is CCCN(CCC)S(=O)(=O)c1ccccc1O. The Labute approximate surface area is 103 Å². The fraction of sp³-hybridized carbons (Fsp3) is 0.500. The lowest BCUT2D eigenvalue weighted by atomic mass is 10.3. The predicted octanol–water partition coefficient (Wildman–Crippen LogP) is 2.20. The molecule has 0 amide bonds. The second-order valence-corrected chi connectivity index (χ2v) is 5.78. The summed E-state index contributed by atoms with van der Waals surface area (Å²) in [5.74, 6) is -0.190. The summed E-state index contributed by atoms with van der Waals surface area (Å²) in [6.07, 6.45) is 1.51. The van der Waals surface area contributed by atoms with Gasteiger partial charge in [-0.05, 0) is 25.0 Å². The van der Waals surface area contributed by atoms with Gasteiger partial charge in [-0.3, -0.25) is 0 Å². The van der Waals surface area contributed by atoms with E-state index in [1.165, 1.54) is 16.4 Å². The van der Waals surface area contributed by atoms with Gasteiger partial charge in [-0.15, -0.1) is 0 Å². The Morgan fingerprint density at radius 1 is 1.12 bits per heavy atom. The van der Waals surface area contributed by atoms with Crippen LogP contribution < -0.4 is 0 Å². The molecule has 1 N–H and O–H groups in total. The molecule has 4 nitrogen and oxygen atoms in total. The van der Waals surface area contributed by atoms with Crippen LogP contribution in [0.4, 0.5) is 0 Å². The zero-order valence-corrected chi connectivity index (χ0v) is 11.1. The topological polar surface area (TPSA) is 57.6 Å². The van der Waals surface area contributed by atoms with Crippen molar-refractivity contribution in [1.82, 2.24) is 4.31 Å². The molecule has 0 unspecified atom stereocenters. The van der Waals surface area contributed by atoms with Crippen LogP contribution in [0.25, 0.3) is 0 Å². The van der Waals surface area contributed by atoms with E-state index in [4.69, 9.17) is 0 Å². The molecule has 17 heavy (non-hydrogen) atoms. The van der Waals surface area contributed by atoms with Crippen molar-refractivity contribution in [3.05, 3.63) is 24.3 Å². The third-order valence-electron chi connectivity index (χ3n) is 2.43. The number of hydrogen-bond acceptors (Lipinski definition) is 3. The summed E-state index contributed by atoms with van der Waals surface area (Å²) in [5, 5.41) is 9.63. The van der Waals surface area contributed by atoms with Crippen LogP contribution in [0.1, 0.15) is 26.7 Å². The van der Waals surface area contributed by atoms with Crippen molar-refractivity contribution in [3.63, 3.8) is 0 Å². The number of para-hydroxylation sites is 1. The molecular weight excluding hydrogens is 238 g/mol. The number of phenolic OH excluding ortho intramolecular Hbond substituents is 1. The highest BCUT2D eigenvalue weighted by molar-refractivity contribution is 7.89. The van der Waals surface area contributed by atoms with Gasteiger partial charge in [0.05, 0.1) is 0 Å². The smallest absolute Gasteiger partial charge is 0.246 e. The molecule has 96 valence electrons. The summed E-state index contributed by atoms with van der Waals surface area (Å²) < 4.78 is 26.0. The highest BCUT2D eigenvalue weighted by atomic mass is 32.2. The van der Waals surface area contributed by atoms with Crippen LogP contribution in [0.3, 0.4) is 0 Å². The first-order valence-electron chi connectivity index (χ1n) is 5.82. The molecule has 0 saturated heterocycles. The fourth-order valence-corrected chi connectivity index (χ4v) is 3.37. The molecule has 0 fully saturated rings. The predicted molar refractivity (Wildman–Crippen MR) is 67.4 cm³/mol. The number of rotatable bonds is 6. The highest BCUT2D eigenvalue weighted by Gasteiger charge is 2.25. The van der Waals surface area contributed by atoms with Gasteiger partial charge in [-0.25, -0.2) is 8.42 Å². The minimum atomic E-state index is -3.57. The molecule has 1 rings (SSSR count). The van der Waals surface area contributed by atoms with E-state index in [2.05, 4.69) is 0 Å². The van der Waals surface area contributed by atoms with Crippen molar-refractivity contribution in [2.24, 2.45) is 0 Å². The van der Waals surface area contributed by atoms with Gasteiger partial charge in [0, 0.05) is 13.1 Å². The standard InChI is InChI=1S/C12H19NO3S/c1-3-9-13(10-4-2)17(15,16)12-8-6-5-7-11(12)14/h5-8,14H,3-4,9-10H2,1-2H3. The number of sulfonamides is 1. The molecule has 0 bridgehead atoms. The number of benzene rings is 1. The summed E-state index contributed by atoms with van der Waals surface area (Å²) in [6, 6.07) is 6.05. The maximum atomic E-state index is 12.3. The molecule has 0 aromatic heterocycles. The summed E-state index contributed by atoms with van der Waals surface area (Å²) in [4.78, 5) is -0.0121. The highest BCUT2D eigenvalue weighted by Crippen LogP contribution is 2.25. The second-order valence-electron chi connectivity index (χ2n) is 3.87. The van der Waals surface area contributed by atoms with E-state index >= 15 is 0 Å². The Hall–Kier alpha value is -1.07. The van der Waals surface area contributed by atoms with E-state index in [9.17, 15) is 13.5 Å². The van der Waals surface area contributed by atoms with Crippen molar-refractivity contribution in [1.29, 1.82) is 0 Å². The lowest BCUT2D eigenvalue weighted by Crippen LogP contribution is -2.32. The zero-order valence-electron chi connectivity index (χ0n) is 10.3. The van der Waals surface area contributed by atoms with E-state index in [1.807, 2.05) is 13.8 Å². The molecule has 0 aliphatic carbocycles. The lowest BCUT2D eigenvalue weighted by molar-refractivity contribution is 0.402. The maximum Gasteiger partial charge on any atom is 0.246 e. The Morgan fingerprint density at radius 2 is 1.65 bits per heavy atom. The van der Waals surface area contributed by atoms with E-state index in [0.29, 0.717) is 13.1 Å². The van der Waals surface area contributed by atoms with Gasteiger partial charge in [0.1, 0.15) is 10.6 Å². The molecule has 1 aromatic carbocycles. The zero-order chi connectivity index (χ0) is 12.9. The molecule has 0 heterocycles. The first-order valence-corrected chi connectivity index (χ1v) is 7.26. The van der Waals surface area contributed by atoms with E-state index in [0.717, 1.165) is 12.8 Å². The van der Waals surface area contributed by atoms with Gasteiger partial charge < -0.3 is 5.11 Å². The summed E-state index contributed by atoms with van der Waals surface area (Å²) in [5.41, 5.74) is 0. The van der Waals surface area contributed by atoms with Crippen LogP contribution in [0.15, 0.2) is 29.2 Å². The average molecular weight is 257 g/mol. The maximum absolute atomic E-state index is 12.3. The molecule has 5 heteroatoms. The van der Waals surface area contributed by atoms with Crippen molar-refractivity contribution in [3.8, 4) is 5.75 Å². The summed E-state index contributed by atoms with van der Waals surface area (Å²) in [7, 11) is -3.57. The fourth-order valence-electron chi connectivity index (χ4n) is 1.67. The van der Waals surface area contributed by atoms with Gasteiger partial charge in [0.2, 0.25) is 10.0 Å². The van der Waals surface area contributed by atoms with Crippen molar-refractivity contribution in [2.45, 2.75) is 31.6 Å².